The molecule has 1 aliphatic rings. The Bertz CT molecular complexity index is 1060. The van der Waals surface area contributed by atoms with Crippen molar-refractivity contribution in [3.8, 4) is 0 Å². The summed E-state index contributed by atoms with van der Waals surface area (Å²) in [6.07, 6.45) is 5.21. The van der Waals surface area contributed by atoms with Crippen LogP contribution < -0.4 is 19.8 Å². The molecule has 0 fully saturated rings. The van der Waals surface area contributed by atoms with Crippen molar-refractivity contribution in [1.29, 1.82) is 0 Å². The molecule has 0 N–H and O–H groups in total. The van der Waals surface area contributed by atoms with Crippen molar-refractivity contribution in [1.82, 2.24) is 9.55 Å². The fourth-order valence-corrected chi connectivity index (χ4v) is 3.52. The Morgan fingerprint density at radius 3 is 2.83 bits per heavy atom. The molecule has 0 aliphatic carbocycles. The predicted octanol–water partition coefficient (Wildman–Crippen LogP) is 1.33. The lowest BCUT2D eigenvalue weighted by molar-refractivity contribution is 0.565. The van der Waals surface area contributed by atoms with E-state index < -0.39 is 0 Å². The maximum absolute atomic E-state index is 13.4. The van der Waals surface area contributed by atoms with Gasteiger partial charge in [-0.15, -0.1) is 0 Å². The number of hydrogen-bond donors (Lipinski definition) is 0. The minimum atomic E-state index is -0.303. The molecule has 5 nitrogen and oxygen atoms in total. The number of thiazole rings is 1. The van der Waals surface area contributed by atoms with Crippen molar-refractivity contribution in [2.75, 3.05) is 11.6 Å². The smallest absolute Gasteiger partial charge is 0.271 e. The number of fused-ring (bicyclic) bond motifs is 1. The zero-order chi connectivity index (χ0) is 16.5. The van der Waals surface area contributed by atoms with E-state index in [-0.39, 0.29) is 11.4 Å². The van der Waals surface area contributed by atoms with Crippen molar-refractivity contribution in [2.45, 2.75) is 6.67 Å². The van der Waals surface area contributed by atoms with Crippen LogP contribution in [0.4, 0.5) is 10.1 Å². The molecule has 0 saturated carbocycles. The molecule has 1 aromatic carbocycles. The Hall–Kier alpha value is -2.80. The summed E-state index contributed by atoms with van der Waals surface area (Å²) in [7, 11) is 0. The highest BCUT2D eigenvalue weighted by Crippen LogP contribution is 2.16. The molecule has 2 aromatic heterocycles. The van der Waals surface area contributed by atoms with Crippen LogP contribution in [0.1, 0.15) is 5.56 Å². The van der Waals surface area contributed by atoms with E-state index in [1.54, 1.807) is 23.0 Å². The molecule has 0 radical (unpaired) electrons. The van der Waals surface area contributed by atoms with E-state index in [4.69, 9.17) is 0 Å². The number of anilines is 1. The lowest BCUT2D eigenvalue weighted by Gasteiger charge is -2.25. The van der Waals surface area contributed by atoms with Crippen LogP contribution in [0.3, 0.4) is 0 Å². The Kier molecular flexibility index (Phi) is 3.70. The van der Waals surface area contributed by atoms with Crippen LogP contribution in [-0.2, 0) is 6.67 Å². The Labute approximate surface area is 140 Å². The summed E-state index contributed by atoms with van der Waals surface area (Å²) in [4.78, 5) is 23.6. The van der Waals surface area contributed by atoms with E-state index >= 15 is 0 Å². The Balaban J connectivity index is 1.73. The SMILES string of the molecule is O=c1/c(=C\c2ccncc2)sc2n1CN(c1cccc(F)c1)CN=2. The van der Waals surface area contributed by atoms with Gasteiger partial charge in [-0.25, -0.2) is 9.38 Å². The fourth-order valence-electron chi connectivity index (χ4n) is 2.56. The Morgan fingerprint density at radius 2 is 2.04 bits per heavy atom. The maximum Gasteiger partial charge on any atom is 0.271 e. The molecule has 3 heterocycles. The normalized spacial score (nSPS) is 14.4. The van der Waals surface area contributed by atoms with Crippen molar-refractivity contribution >= 4 is 23.1 Å². The van der Waals surface area contributed by atoms with Gasteiger partial charge < -0.3 is 4.90 Å². The quantitative estimate of drug-likeness (QED) is 0.707. The van der Waals surface area contributed by atoms with Gasteiger partial charge in [0.25, 0.3) is 5.56 Å². The van der Waals surface area contributed by atoms with E-state index in [9.17, 15) is 9.18 Å². The number of benzene rings is 1. The first kappa shape index (κ1) is 14.8. The number of aromatic nitrogens is 2. The van der Waals surface area contributed by atoms with Crippen LogP contribution in [0, 0.1) is 5.82 Å². The van der Waals surface area contributed by atoms with Gasteiger partial charge in [0.1, 0.15) is 19.2 Å². The largest absolute Gasteiger partial charge is 0.333 e. The van der Waals surface area contributed by atoms with E-state index in [0.29, 0.717) is 28.4 Å². The summed E-state index contributed by atoms with van der Waals surface area (Å²) in [5.74, 6) is -0.303. The summed E-state index contributed by atoms with van der Waals surface area (Å²) in [6.45, 7) is 0.764. The average molecular weight is 340 g/mol. The average Bonchev–Trinajstić information content (AvgIpc) is 2.91. The first-order chi connectivity index (χ1) is 11.7. The Morgan fingerprint density at radius 1 is 1.21 bits per heavy atom. The lowest BCUT2D eigenvalue weighted by atomic mass is 10.2. The number of rotatable bonds is 2. The molecule has 0 saturated heterocycles. The van der Waals surface area contributed by atoms with Gasteiger partial charge >= 0.3 is 0 Å². The number of hydrogen-bond acceptors (Lipinski definition) is 5. The van der Waals surface area contributed by atoms with Crippen LogP contribution in [0.2, 0.25) is 0 Å². The van der Waals surface area contributed by atoms with Crippen LogP contribution in [0.15, 0.2) is 58.6 Å². The molecule has 7 heteroatoms. The van der Waals surface area contributed by atoms with Crippen LogP contribution in [0.25, 0.3) is 6.08 Å². The third kappa shape index (κ3) is 2.74. The molecule has 3 aromatic rings. The van der Waals surface area contributed by atoms with Crippen molar-refractivity contribution < 1.29 is 4.39 Å². The lowest BCUT2D eigenvalue weighted by Crippen LogP contribution is -2.42. The highest BCUT2D eigenvalue weighted by molar-refractivity contribution is 7.07. The zero-order valence-corrected chi connectivity index (χ0v) is 13.4. The summed E-state index contributed by atoms with van der Waals surface area (Å²) in [6, 6.07) is 10.00. The molecule has 0 amide bonds. The molecule has 0 spiro atoms. The van der Waals surface area contributed by atoms with Crippen LogP contribution >= 0.6 is 11.3 Å². The number of halogens is 1. The van der Waals surface area contributed by atoms with Crippen LogP contribution in [-0.4, -0.2) is 16.2 Å². The zero-order valence-electron chi connectivity index (χ0n) is 12.6. The van der Waals surface area contributed by atoms with Gasteiger partial charge in [-0.1, -0.05) is 17.4 Å². The fraction of sp³-hybridized carbons (Fsp3) is 0.118. The van der Waals surface area contributed by atoms with Gasteiger partial charge in [-0.2, -0.15) is 0 Å². The standard InChI is InChI=1S/C17H13FN4OS/c18-13-2-1-3-14(9-13)21-10-20-17-22(11-21)16(23)15(24-17)8-12-4-6-19-7-5-12/h1-9H,10-11H2/b15-8+. The number of pyridine rings is 1. The topological polar surface area (TPSA) is 50.5 Å². The summed E-state index contributed by atoms with van der Waals surface area (Å²) < 4.78 is 15.7. The molecular formula is C17H13FN4OS. The van der Waals surface area contributed by atoms with E-state index in [2.05, 4.69) is 9.98 Å². The number of nitrogens with zero attached hydrogens (tertiary/aromatic N) is 4. The second kappa shape index (κ2) is 6.01. The first-order valence-corrected chi connectivity index (χ1v) is 8.19. The molecule has 0 unspecified atom stereocenters. The second-order valence-corrected chi connectivity index (χ2v) is 6.38. The van der Waals surface area contributed by atoms with Gasteiger partial charge in [0.05, 0.1) is 4.53 Å². The van der Waals surface area contributed by atoms with Gasteiger partial charge in [0.15, 0.2) is 4.80 Å². The predicted molar refractivity (Wildman–Crippen MR) is 90.9 cm³/mol. The van der Waals surface area contributed by atoms with Crippen molar-refractivity contribution in [2.24, 2.45) is 4.99 Å². The molecule has 4 rings (SSSR count). The van der Waals surface area contributed by atoms with E-state index in [0.717, 1.165) is 5.56 Å². The molecule has 0 bridgehead atoms. The maximum atomic E-state index is 13.4. The second-order valence-electron chi connectivity index (χ2n) is 5.37. The molecule has 1 aliphatic heterocycles. The highest BCUT2D eigenvalue weighted by atomic mass is 32.1. The van der Waals surface area contributed by atoms with Gasteiger partial charge in [-0.05, 0) is 42.0 Å². The van der Waals surface area contributed by atoms with Gasteiger partial charge in [0.2, 0.25) is 0 Å². The summed E-state index contributed by atoms with van der Waals surface area (Å²) >= 11 is 1.36. The van der Waals surface area contributed by atoms with Gasteiger partial charge in [-0.3, -0.25) is 14.3 Å². The minimum Gasteiger partial charge on any atom is -0.333 e. The van der Waals surface area contributed by atoms with Crippen molar-refractivity contribution in [3.05, 3.63) is 79.9 Å². The third-order valence-electron chi connectivity index (χ3n) is 3.75. The van der Waals surface area contributed by atoms with Crippen LogP contribution in [0.5, 0.6) is 0 Å². The van der Waals surface area contributed by atoms with Gasteiger partial charge in [0, 0.05) is 18.1 Å². The van der Waals surface area contributed by atoms with E-state index in [1.807, 2.05) is 29.2 Å². The molecule has 24 heavy (non-hydrogen) atoms. The molecule has 0 atom stereocenters. The summed E-state index contributed by atoms with van der Waals surface area (Å²) in [5, 5.41) is 0. The third-order valence-corrected chi connectivity index (χ3v) is 4.80. The van der Waals surface area contributed by atoms with Crippen molar-refractivity contribution in [3.63, 3.8) is 0 Å². The monoisotopic (exact) mass is 340 g/mol. The summed E-state index contributed by atoms with van der Waals surface area (Å²) in [5.41, 5.74) is 1.54. The molecule has 120 valence electrons. The molecular weight excluding hydrogens is 327 g/mol. The highest BCUT2D eigenvalue weighted by Gasteiger charge is 2.16. The first-order valence-electron chi connectivity index (χ1n) is 7.37. The van der Waals surface area contributed by atoms with E-state index in [1.165, 1.54) is 23.5 Å². The minimum absolute atomic E-state index is 0.0864.